The van der Waals surface area contributed by atoms with Crippen molar-refractivity contribution in [1.29, 1.82) is 0 Å². The molecule has 1 aromatic heterocycles. The van der Waals surface area contributed by atoms with Crippen molar-refractivity contribution in [3.05, 3.63) is 24.1 Å². The van der Waals surface area contributed by atoms with Gasteiger partial charge in [0.1, 0.15) is 12.1 Å². The summed E-state index contributed by atoms with van der Waals surface area (Å²) >= 11 is 0. The quantitative estimate of drug-likeness (QED) is 0.677. The van der Waals surface area contributed by atoms with Crippen molar-refractivity contribution in [2.24, 2.45) is 0 Å². The molecule has 2 rings (SSSR count). The predicted octanol–water partition coefficient (Wildman–Crippen LogP) is 2.53. The Morgan fingerprint density at radius 3 is 2.83 bits per heavy atom. The summed E-state index contributed by atoms with van der Waals surface area (Å²) < 4.78 is 45.2. The van der Waals surface area contributed by atoms with Crippen LogP contribution in [0.4, 0.5) is 18.9 Å². The van der Waals surface area contributed by atoms with Gasteiger partial charge in [0.2, 0.25) is 0 Å². The Balaban J connectivity index is 1.92. The average Bonchev–Trinajstić information content (AvgIpc) is 2.65. The highest BCUT2D eigenvalue weighted by Gasteiger charge is 2.27. The van der Waals surface area contributed by atoms with Crippen LogP contribution in [0.5, 0.6) is 0 Å². The maximum Gasteiger partial charge on any atom is 0.411 e. The molecule has 0 radical (unpaired) electrons. The summed E-state index contributed by atoms with van der Waals surface area (Å²) in [5.41, 5.74) is 7.26. The molecule has 1 heterocycles. The maximum atomic E-state index is 11.8. The van der Waals surface area contributed by atoms with Crippen molar-refractivity contribution in [3.8, 4) is 0 Å². The normalized spacial score (nSPS) is 12.2. The van der Waals surface area contributed by atoms with Crippen LogP contribution in [0.15, 0.2) is 22.6 Å². The van der Waals surface area contributed by atoms with Crippen LogP contribution in [0.2, 0.25) is 0 Å². The molecule has 0 aliphatic heterocycles. The van der Waals surface area contributed by atoms with Crippen LogP contribution in [-0.2, 0) is 11.2 Å². The standard InChI is InChI=1S/C11H11F3N2O2/c12-11(13,14)6-17-4-3-10-16-8-5-7(15)1-2-9(8)18-10/h1-2,5H,3-4,6,15H2. The summed E-state index contributed by atoms with van der Waals surface area (Å²) in [6, 6.07) is 4.97. The zero-order chi connectivity index (χ0) is 13.2. The van der Waals surface area contributed by atoms with E-state index in [9.17, 15) is 13.2 Å². The van der Waals surface area contributed by atoms with E-state index in [1.807, 2.05) is 0 Å². The van der Waals surface area contributed by atoms with Crippen LogP contribution in [0, 0.1) is 0 Å². The lowest BCUT2D eigenvalue weighted by Gasteiger charge is -2.05. The largest absolute Gasteiger partial charge is 0.441 e. The van der Waals surface area contributed by atoms with Crippen LogP contribution < -0.4 is 5.73 Å². The highest BCUT2D eigenvalue weighted by atomic mass is 19.4. The van der Waals surface area contributed by atoms with Gasteiger partial charge in [-0.25, -0.2) is 4.98 Å². The molecule has 0 saturated carbocycles. The maximum absolute atomic E-state index is 11.8. The fraction of sp³-hybridized carbons (Fsp3) is 0.364. The second-order valence-corrected chi connectivity index (χ2v) is 3.75. The highest BCUT2D eigenvalue weighted by Crippen LogP contribution is 2.19. The Bertz CT molecular complexity index is 537. The van der Waals surface area contributed by atoms with Crippen LogP contribution in [0.1, 0.15) is 5.89 Å². The lowest BCUT2D eigenvalue weighted by Crippen LogP contribution is -2.17. The second kappa shape index (κ2) is 4.85. The zero-order valence-electron chi connectivity index (χ0n) is 9.33. The molecule has 0 bridgehead atoms. The summed E-state index contributed by atoms with van der Waals surface area (Å²) in [5, 5.41) is 0. The molecule has 0 atom stereocenters. The molecule has 1 aromatic carbocycles. The molecule has 0 aliphatic carbocycles. The van der Waals surface area contributed by atoms with Crippen molar-refractivity contribution in [3.63, 3.8) is 0 Å². The first-order valence-corrected chi connectivity index (χ1v) is 5.23. The van der Waals surface area contributed by atoms with Crippen LogP contribution in [0.25, 0.3) is 11.1 Å². The van der Waals surface area contributed by atoms with Crippen molar-refractivity contribution >= 4 is 16.8 Å². The summed E-state index contributed by atoms with van der Waals surface area (Å²) in [6.45, 7) is -1.36. The van der Waals surface area contributed by atoms with E-state index in [2.05, 4.69) is 9.72 Å². The van der Waals surface area contributed by atoms with Gasteiger partial charge in [0.25, 0.3) is 0 Å². The number of alkyl halides is 3. The Hall–Kier alpha value is -1.76. The minimum Gasteiger partial charge on any atom is -0.441 e. The molecule has 7 heteroatoms. The SMILES string of the molecule is Nc1ccc2oc(CCOCC(F)(F)F)nc2c1. The molecule has 98 valence electrons. The molecule has 2 aromatic rings. The van der Waals surface area contributed by atoms with Gasteiger partial charge in [-0.2, -0.15) is 13.2 Å². The molecule has 2 N–H and O–H groups in total. The Kier molecular flexibility index (Phi) is 3.42. The highest BCUT2D eigenvalue weighted by molar-refractivity contribution is 5.76. The fourth-order valence-corrected chi connectivity index (χ4v) is 1.45. The molecule has 0 unspecified atom stereocenters. The summed E-state index contributed by atoms with van der Waals surface area (Å²) in [5.74, 6) is 0.331. The topological polar surface area (TPSA) is 61.3 Å². The van der Waals surface area contributed by atoms with E-state index in [0.717, 1.165) is 0 Å². The number of nitrogen functional groups attached to an aromatic ring is 1. The molecule has 0 saturated heterocycles. The van der Waals surface area contributed by atoms with Gasteiger partial charge in [0, 0.05) is 12.1 Å². The van der Waals surface area contributed by atoms with Gasteiger partial charge < -0.3 is 14.9 Å². The summed E-state index contributed by atoms with van der Waals surface area (Å²) in [4.78, 5) is 4.10. The fourth-order valence-electron chi connectivity index (χ4n) is 1.45. The smallest absolute Gasteiger partial charge is 0.411 e. The van der Waals surface area contributed by atoms with Gasteiger partial charge in [0.15, 0.2) is 11.5 Å². The number of aromatic nitrogens is 1. The number of rotatable bonds is 4. The van der Waals surface area contributed by atoms with Crippen LogP contribution >= 0.6 is 0 Å². The minimum absolute atomic E-state index is 0.0954. The molecule has 0 spiro atoms. The lowest BCUT2D eigenvalue weighted by molar-refractivity contribution is -0.173. The number of nitrogens with zero attached hydrogens (tertiary/aromatic N) is 1. The third-order valence-corrected chi connectivity index (χ3v) is 2.18. The van der Waals surface area contributed by atoms with E-state index in [0.29, 0.717) is 22.7 Å². The molecule has 0 fully saturated rings. The molecule has 4 nitrogen and oxygen atoms in total. The molecule has 0 aliphatic rings. The zero-order valence-corrected chi connectivity index (χ0v) is 9.33. The third kappa shape index (κ3) is 3.36. The molecular weight excluding hydrogens is 249 g/mol. The third-order valence-electron chi connectivity index (χ3n) is 2.18. The van der Waals surface area contributed by atoms with Crippen LogP contribution in [0.3, 0.4) is 0 Å². The minimum atomic E-state index is -4.31. The predicted molar refractivity (Wildman–Crippen MR) is 59.0 cm³/mol. The lowest BCUT2D eigenvalue weighted by atomic mass is 10.3. The van der Waals surface area contributed by atoms with Gasteiger partial charge in [-0.1, -0.05) is 0 Å². The van der Waals surface area contributed by atoms with Gasteiger partial charge in [-0.3, -0.25) is 0 Å². The van der Waals surface area contributed by atoms with Crippen molar-refractivity contribution < 1.29 is 22.3 Å². The van der Waals surface area contributed by atoms with E-state index >= 15 is 0 Å². The molecule has 18 heavy (non-hydrogen) atoms. The Morgan fingerprint density at radius 2 is 2.11 bits per heavy atom. The number of ether oxygens (including phenoxy) is 1. The monoisotopic (exact) mass is 260 g/mol. The first kappa shape index (κ1) is 12.7. The first-order chi connectivity index (χ1) is 8.44. The Labute approximate surface area is 101 Å². The van der Waals surface area contributed by atoms with E-state index in [1.165, 1.54) is 0 Å². The number of halogens is 3. The number of nitrogens with two attached hydrogens (primary N) is 1. The van der Waals surface area contributed by atoms with E-state index < -0.39 is 12.8 Å². The average molecular weight is 260 g/mol. The van der Waals surface area contributed by atoms with E-state index in [4.69, 9.17) is 10.2 Å². The van der Waals surface area contributed by atoms with E-state index in [1.54, 1.807) is 18.2 Å². The summed E-state index contributed by atoms with van der Waals surface area (Å²) in [6.07, 6.45) is -4.12. The number of fused-ring (bicyclic) bond motifs is 1. The first-order valence-electron chi connectivity index (χ1n) is 5.23. The number of hydrogen-bond acceptors (Lipinski definition) is 4. The molecular formula is C11H11F3N2O2. The number of anilines is 1. The molecule has 0 amide bonds. The van der Waals surface area contributed by atoms with Gasteiger partial charge in [-0.05, 0) is 18.2 Å². The number of benzene rings is 1. The Morgan fingerprint density at radius 1 is 1.33 bits per heavy atom. The number of oxazole rings is 1. The van der Waals surface area contributed by atoms with Crippen molar-refractivity contribution in [1.82, 2.24) is 4.98 Å². The summed E-state index contributed by atoms with van der Waals surface area (Å²) in [7, 11) is 0. The van der Waals surface area contributed by atoms with Gasteiger partial charge in [-0.15, -0.1) is 0 Å². The number of hydrogen-bond donors (Lipinski definition) is 1. The van der Waals surface area contributed by atoms with E-state index in [-0.39, 0.29) is 13.0 Å². The van der Waals surface area contributed by atoms with Crippen molar-refractivity contribution in [2.75, 3.05) is 18.9 Å². The van der Waals surface area contributed by atoms with Gasteiger partial charge in [0.05, 0.1) is 6.61 Å². The van der Waals surface area contributed by atoms with Gasteiger partial charge >= 0.3 is 6.18 Å². The second-order valence-electron chi connectivity index (χ2n) is 3.75. The van der Waals surface area contributed by atoms with Crippen LogP contribution in [-0.4, -0.2) is 24.4 Å². The van der Waals surface area contributed by atoms with Crippen molar-refractivity contribution in [2.45, 2.75) is 12.6 Å².